The Labute approximate surface area is 139 Å². The van der Waals surface area contributed by atoms with E-state index in [0.717, 1.165) is 32.1 Å². The fraction of sp³-hybridized carbons (Fsp3) is 0.625. The lowest BCUT2D eigenvalue weighted by Crippen LogP contribution is -2.45. The van der Waals surface area contributed by atoms with Gasteiger partial charge in [-0.15, -0.1) is 24.8 Å². The van der Waals surface area contributed by atoms with E-state index in [-0.39, 0.29) is 30.6 Å². The van der Waals surface area contributed by atoms with E-state index in [1.807, 2.05) is 6.07 Å². The highest BCUT2D eigenvalue weighted by Crippen LogP contribution is 2.41. The number of halogens is 3. The van der Waals surface area contributed by atoms with Crippen LogP contribution in [0, 0.1) is 18.7 Å². The Bertz CT molecular complexity index is 446. The SMILES string of the molecule is Cc1ccc(F)cc1[C@@H](CC1CC1)N1CCNCC1.Cl.Cl. The van der Waals surface area contributed by atoms with E-state index in [9.17, 15) is 4.39 Å². The Hall–Kier alpha value is -0.350. The maximum atomic E-state index is 13.6. The molecule has 0 amide bonds. The quantitative estimate of drug-likeness (QED) is 0.902. The van der Waals surface area contributed by atoms with Gasteiger partial charge < -0.3 is 5.32 Å². The summed E-state index contributed by atoms with van der Waals surface area (Å²) in [5.41, 5.74) is 2.43. The van der Waals surface area contributed by atoms with E-state index in [1.165, 1.54) is 30.4 Å². The van der Waals surface area contributed by atoms with Crippen molar-refractivity contribution in [2.75, 3.05) is 26.2 Å². The van der Waals surface area contributed by atoms with Crippen LogP contribution in [0.1, 0.15) is 36.4 Å². The number of rotatable bonds is 4. The Balaban J connectivity index is 0.00000110. The second-order valence-electron chi connectivity index (χ2n) is 5.98. The molecule has 0 unspecified atom stereocenters. The lowest BCUT2D eigenvalue weighted by atomic mass is 9.94. The number of nitrogens with one attached hydrogen (secondary N) is 1. The van der Waals surface area contributed by atoms with Crippen LogP contribution in [-0.4, -0.2) is 31.1 Å². The summed E-state index contributed by atoms with van der Waals surface area (Å²) in [6.07, 6.45) is 3.91. The zero-order valence-electron chi connectivity index (χ0n) is 12.5. The largest absolute Gasteiger partial charge is 0.314 e. The van der Waals surface area contributed by atoms with E-state index in [0.29, 0.717) is 6.04 Å². The van der Waals surface area contributed by atoms with Crippen LogP contribution in [0.4, 0.5) is 4.39 Å². The average Bonchev–Trinajstić information content (AvgIpc) is 3.24. The lowest BCUT2D eigenvalue weighted by Gasteiger charge is -2.36. The normalized spacial score (nSPS) is 20.3. The van der Waals surface area contributed by atoms with Crippen molar-refractivity contribution in [1.29, 1.82) is 0 Å². The van der Waals surface area contributed by atoms with Crippen LogP contribution in [-0.2, 0) is 0 Å². The molecule has 1 saturated heterocycles. The lowest BCUT2D eigenvalue weighted by molar-refractivity contribution is 0.160. The second-order valence-corrected chi connectivity index (χ2v) is 5.98. The summed E-state index contributed by atoms with van der Waals surface area (Å²) >= 11 is 0. The van der Waals surface area contributed by atoms with Crippen LogP contribution in [0.2, 0.25) is 0 Å². The molecule has 2 nitrogen and oxygen atoms in total. The van der Waals surface area contributed by atoms with Gasteiger partial charge in [-0.3, -0.25) is 4.90 Å². The highest BCUT2D eigenvalue weighted by atomic mass is 35.5. The smallest absolute Gasteiger partial charge is 0.123 e. The van der Waals surface area contributed by atoms with Crippen LogP contribution in [0.25, 0.3) is 0 Å². The predicted molar refractivity (Wildman–Crippen MR) is 90.2 cm³/mol. The van der Waals surface area contributed by atoms with Crippen molar-refractivity contribution in [2.45, 2.75) is 32.2 Å². The molecule has 0 radical (unpaired) electrons. The molecule has 120 valence electrons. The van der Waals surface area contributed by atoms with Crippen molar-refractivity contribution in [3.63, 3.8) is 0 Å². The van der Waals surface area contributed by atoms with Gasteiger partial charge in [-0.2, -0.15) is 0 Å². The molecule has 1 aromatic carbocycles. The van der Waals surface area contributed by atoms with Crippen LogP contribution in [0.5, 0.6) is 0 Å². The first-order valence-electron chi connectivity index (χ1n) is 7.45. The summed E-state index contributed by atoms with van der Waals surface area (Å²) in [4.78, 5) is 2.54. The monoisotopic (exact) mass is 334 g/mol. The van der Waals surface area contributed by atoms with Crippen LogP contribution < -0.4 is 5.32 Å². The number of piperazine rings is 1. The van der Waals surface area contributed by atoms with E-state index in [1.54, 1.807) is 12.1 Å². The summed E-state index contributed by atoms with van der Waals surface area (Å²) in [6.45, 7) is 6.36. The summed E-state index contributed by atoms with van der Waals surface area (Å²) < 4.78 is 13.6. The molecule has 1 heterocycles. The minimum Gasteiger partial charge on any atom is -0.314 e. The third kappa shape index (κ3) is 4.82. The molecule has 0 spiro atoms. The number of benzene rings is 1. The van der Waals surface area contributed by atoms with Crippen LogP contribution in [0.15, 0.2) is 18.2 Å². The summed E-state index contributed by atoms with van der Waals surface area (Å²) in [7, 11) is 0. The molecular weight excluding hydrogens is 310 g/mol. The van der Waals surface area contributed by atoms with Gasteiger partial charge in [-0.1, -0.05) is 18.9 Å². The average molecular weight is 335 g/mol. The van der Waals surface area contributed by atoms with Gasteiger partial charge in [0, 0.05) is 32.2 Å². The first-order chi connectivity index (χ1) is 9.24. The van der Waals surface area contributed by atoms with Gasteiger partial charge in [-0.05, 0) is 42.5 Å². The molecule has 1 aliphatic carbocycles. The molecule has 2 fully saturated rings. The number of hydrogen-bond donors (Lipinski definition) is 1. The summed E-state index contributed by atoms with van der Waals surface area (Å²) in [5.74, 6) is 0.763. The highest BCUT2D eigenvalue weighted by molar-refractivity contribution is 5.85. The summed E-state index contributed by atoms with van der Waals surface area (Å²) in [6, 6.07) is 5.66. The van der Waals surface area contributed by atoms with Crippen molar-refractivity contribution >= 4 is 24.8 Å². The van der Waals surface area contributed by atoms with Gasteiger partial charge in [0.05, 0.1) is 0 Å². The van der Waals surface area contributed by atoms with Gasteiger partial charge >= 0.3 is 0 Å². The van der Waals surface area contributed by atoms with Gasteiger partial charge in [-0.25, -0.2) is 4.39 Å². The highest BCUT2D eigenvalue weighted by Gasteiger charge is 2.31. The van der Waals surface area contributed by atoms with E-state index < -0.39 is 0 Å². The minimum absolute atomic E-state index is 0. The molecule has 0 aromatic heterocycles. The topological polar surface area (TPSA) is 15.3 Å². The fourth-order valence-electron chi connectivity index (χ4n) is 3.11. The zero-order valence-corrected chi connectivity index (χ0v) is 14.1. The fourth-order valence-corrected chi connectivity index (χ4v) is 3.11. The molecule has 1 saturated carbocycles. The van der Waals surface area contributed by atoms with Gasteiger partial charge in [0.25, 0.3) is 0 Å². The Morgan fingerprint density at radius 1 is 1.24 bits per heavy atom. The molecule has 21 heavy (non-hydrogen) atoms. The van der Waals surface area contributed by atoms with Crippen molar-refractivity contribution in [2.24, 2.45) is 5.92 Å². The van der Waals surface area contributed by atoms with Crippen molar-refractivity contribution in [3.8, 4) is 0 Å². The Morgan fingerprint density at radius 2 is 1.90 bits per heavy atom. The number of hydrogen-bond acceptors (Lipinski definition) is 2. The van der Waals surface area contributed by atoms with Crippen molar-refractivity contribution in [1.82, 2.24) is 10.2 Å². The third-order valence-electron chi connectivity index (χ3n) is 4.45. The molecule has 3 rings (SSSR count). The van der Waals surface area contributed by atoms with Crippen LogP contribution in [0.3, 0.4) is 0 Å². The minimum atomic E-state index is -0.100. The van der Waals surface area contributed by atoms with E-state index >= 15 is 0 Å². The van der Waals surface area contributed by atoms with Crippen molar-refractivity contribution in [3.05, 3.63) is 35.1 Å². The molecule has 1 atom stereocenters. The molecular formula is C16H25Cl2FN2. The second kappa shape index (κ2) is 8.33. The molecule has 2 aliphatic rings. The summed E-state index contributed by atoms with van der Waals surface area (Å²) in [5, 5.41) is 3.40. The van der Waals surface area contributed by atoms with Gasteiger partial charge in [0.1, 0.15) is 5.82 Å². The Morgan fingerprint density at radius 3 is 2.52 bits per heavy atom. The zero-order chi connectivity index (χ0) is 13.2. The predicted octanol–water partition coefficient (Wildman–Crippen LogP) is 3.72. The van der Waals surface area contributed by atoms with Crippen molar-refractivity contribution < 1.29 is 4.39 Å². The number of aryl methyl sites for hydroxylation is 1. The third-order valence-corrected chi connectivity index (χ3v) is 4.45. The van der Waals surface area contributed by atoms with E-state index in [2.05, 4.69) is 17.1 Å². The first kappa shape index (κ1) is 18.7. The maximum Gasteiger partial charge on any atom is 0.123 e. The Kier molecular flexibility index (Phi) is 7.41. The standard InChI is InChI=1S/C16H23FN2.2ClH/c1-12-2-5-14(17)11-15(12)16(10-13-3-4-13)19-8-6-18-7-9-19;;/h2,5,11,13,16,18H,3-4,6-10H2,1H3;2*1H/t16-;;/m1../s1. The molecule has 5 heteroatoms. The van der Waals surface area contributed by atoms with Gasteiger partial charge in [0.2, 0.25) is 0 Å². The van der Waals surface area contributed by atoms with Crippen LogP contribution >= 0.6 is 24.8 Å². The molecule has 1 N–H and O–H groups in total. The maximum absolute atomic E-state index is 13.6. The first-order valence-corrected chi connectivity index (χ1v) is 7.45. The number of nitrogens with zero attached hydrogens (tertiary/aromatic N) is 1. The van der Waals surface area contributed by atoms with E-state index in [4.69, 9.17) is 0 Å². The molecule has 1 aliphatic heterocycles. The van der Waals surface area contributed by atoms with Gasteiger partial charge in [0.15, 0.2) is 0 Å². The molecule has 1 aromatic rings. The molecule has 0 bridgehead atoms.